The van der Waals surface area contributed by atoms with Gasteiger partial charge in [0.2, 0.25) is 5.91 Å². The van der Waals surface area contributed by atoms with E-state index in [1.165, 1.54) is 0 Å². The van der Waals surface area contributed by atoms with Crippen molar-refractivity contribution in [2.24, 2.45) is 23.2 Å². The Morgan fingerprint density at radius 2 is 2.15 bits per heavy atom. The molecule has 0 spiro atoms. The molecule has 0 aromatic heterocycles. The van der Waals surface area contributed by atoms with Crippen LogP contribution in [0.1, 0.15) is 39.0 Å². The van der Waals surface area contributed by atoms with Gasteiger partial charge in [-0.15, -0.1) is 0 Å². The molecule has 2 aliphatic carbocycles. The third-order valence-corrected chi connectivity index (χ3v) is 5.62. The highest BCUT2D eigenvalue weighted by Gasteiger charge is 2.46. The summed E-state index contributed by atoms with van der Waals surface area (Å²) in [4.78, 5) is 26.1. The quantitative estimate of drug-likeness (QED) is 0.805. The van der Waals surface area contributed by atoms with Crippen molar-refractivity contribution < 1.29 is 14.7 Å². The number of hydrogen-bond donors (Lipinski definition) is 1. The number of carboxylic acid groups (broad SMARTS) is 1. The highest BCUT2D eigenvalue weighted by atomic mass is 16.4. The van der Waals surface area contributed by atoms with Crippen molar-refractivity contribution in [2.45, 2.75) is 39.0 Å². The Morgan fingerprint density at radius 3 is 2.70 bits per heavy atom. The number of hydrogen-bond acceptors (Lipinski definition) is 2. The molecule has 1 amide bonds. The summed E-state index contributed by atoms with van der Waals surface area (Å²) < 4.78 is 0. The van der Waals surface area contributed by atoms with Crippen molar-refractivity contribution in [3.63, 3.8) is 0 Å². The highest BCUT2D eigenvalue weighted by molar-refractivity contribution is 5.82. The van der Waals surface area contributed by atoms with Gasteiger partial charge in [-0.25, -0.2) is 0 Å². The second-order valence-corrected chi connectivity index (χ2v) is 6.69. The van der Waals surface area contributed by atoms with Crippen LogP contribution in [0.4, 0.5) is 0 Å². The molecule has 2 bridgehead atoms. The minimum Gasteiger partial charge on any atom is -0.481 e. The fourth-order valence-electron chi connectivity index (χ4n) is 4.23. The molecule has 3 aliphatic rings. The number of carbonyl (C=O) groups is 2. The van der Waals surface area contributed by atoms with E-state index in [2.05, 4.69) is 12.2 Å². The lowest BCUT2D eigenvalue weighted by Gasteiger charge is -2.41. The van der Waals surface area contributed by atoms with Crippen LogP contribution in [-0.4, -0.2) is 35.0 Å². The fraction of sp³-hybridized carbons (Fsp3) is 0.750. The summed E-state index contributed by atoms with van der Waals surface area (Å²) in [6, 6.07) is 0. The smallest absolute Gasteiger partial charge is 0.311 e. The average molecular weight is 277 g/mol. The summed E-state index contributed by atoms with van der Waals surface area (Å²) in [7, 11) is 0. The zero-order valence-electron chi connectivity index (χ0n) is 12.0. The normalized spacial score (nSPS) is 39.2. The van der Waals surface area contributed by atoms with Gasteiger partial charge >= 0.3 is 5.97 Å². The monoisotopic (exact) mass is 277 g/mol. The summed E-state index contributed by atoms with van der Waals surface area (Å²) in [6.45, 7) is 3.04. The first kappa shape index (κ1) is 13.7. The first-order chi connectivity index (χ1) is 9.55. The van der Waals surface area contributed by atoms with E-state index in [0.29, 0.717) is 31.2 Å². The number of carbonyl (C=O) groups excluding carboxylic acids is 1. The Balaban J connectivity index is 1.72. The SMILES string of the molecule is CCC1(C(=O)O)CCCN(C(=O)C2CC3C=CC2C3)C1. The van der Waals surface area contributed by atoms with Crippen LogP contribution in [0.2, 0.25) is 0 Å². The van der Waals surface area contributed by atoms with E-state index in [1.807, 2.05) is 11.8 Å². The fourth-order valence-corrected chi connectivity index (χ4v) is 4.23. The molecule has 1 saturated carbocycles. The molecular formula is C16H23NO3. The number of aliphatic carboxylic acids is 1. The molecule has 4 atom stereocenters. The van der Waals surface area contributed by atoms with E-state index in [1.54, 1.807) is 0 Å². The maximum absolute atomic E-state index is 12.7. The molecule has 4 nitrogen and oxygen atoms in total. The summed E-state index contributed by atoms with van der Waals surface area (Å²) in [6.07, 6.45) is 8.60. The molecule has 1 heterocycles. The van der Waals surface area contributed by atoms with Gasteiger partial charge in [0.05, 0.1) is 5.41 Å². The summed E-state index contributed by atoms with van der Waals surface area (Å²) in [5.74, 6) is 0.529. The number of allylic oxidation sites excluding steroid dienone is 2. The third kappa shape index (κ3) is 2.05. The standard InChI is InChI=1S/C16H23NO3/c1-2-16(15(19)20)6-3-7-17(10-16)14(18)13-9-11-4-5-12(13)8-11/h4-5,11-13H,2-3,6-10H2,1H3,(H,19,20). The second-order valence-electron chi connectivity index (χ2n) is 6.69. The van der Waals surface area contributed by atoms with Crippen molar-refractivity contribution in [1.29, 1.82) is 0 Å². The molecule has 1 saturated heterocycles. The van der Waals surface area contributed by atoms with Gasteiger partial charge in [-0.1, -0.05) is 19.1 Å². The first-order valence-electron chi connectivity index (χ1n) is 7.76. The van der Waals surface area contributed by atoms with E-state index < -0.39 is 11.4 Å². The molecule has 20 heavy (non-hydrogen) atoms. The van der Waals surface area contributed by atoms with E-state index in [-0.39, 0.29) is 11.8 Å². The van der Waals surface area contributed by atoms with Crippen molar-refractivity contribution in [3.05, 3.63) is 12.2 Å². The van der Waals surface area contributed by atoms with Gasteiger partial charge in [0.15, 0.2) is 0 Å². The van der Waals surface area contributed by atoms with Crippen molar-refractivity contribution in [2.75, 3.05) is 13.1 Å². The van der Waals surface area contributed by atoms with Gasteiger partial charge in [0, 0.05) is 19.0 Å². The van der Waals surface area contributed by atoms with Gasteiger partial charge in [-0.3, -0.25) is 9.59 Å². The lowest BCUT2D eigenvalue weighted by Crippen LogP contribution is -2.51. The lowest BCUT2D eigenvalue weighted by atomic mass is 9.77. The topological polar surface area (TPSA) is 57.6 Å². The van der Waals surface area contributed by atoms with Crippen molar-refractivity contribution in [1.82, 2.24) is 4.90 Å². The largest absolute Gasteiger partial charge is 0.481 e. The highest BCUT2D eigenvalue weighted by Crippen LogP contribution is 2.45. The van der Waals surface area contributed by atoms with Crippen LogP contribution in [0.25, 0.3) is 0 Å². The summed E-state index contributed by atoms with van der Waals surface area (Å²) >= 11 is 0. The molecule has 4 unspecified atom stereocenters. The molecule has 3 rings (SSSR count). The van der Waals surface area contributed by atoms with Crippen LogP contribution in [0.3, 0.4) is 0 Å². The van der Waals surface area contributed by atoms with Crippen LogP contribution in [0.15, 0.2) is 12.2 Å². The molecule has 2 fully saturated rings. The van der Waals surface area contributed by atoms with E-state index in [4.69, 9.17) is 0 Å². The molecule has 110 valence electrons. The van der Waals surface area contributed by atoms with Crippen LogP contribution in [-0.2, 0) is 9.59 Å². The maximum atomic E-state index is 12.7. The van der Waals surface area contributed by atoms with Crippen LogP contribution < -0.4 is 0 Å². The zero-order valence-corrected chi connectivity index (χ0v) is 12.0. The minimum atomic E-state index is -0.745. The van der Waals surface area contributed by atoms with E-state index in [9.17, 15) is 14.7 Å². The number of rotatable bonds is 3. The third-order valence-electron chi connectivity index (χ3n) is 5.62. The number of piperidine rings is 1. The zero-order chi connectivity index (χ0) is 14.3. The number of carboxylic acids is 1. The molecule has 4 heteroatoms. The van der Waals surface area contributed by atoms with E-state index in [0.717, 1.165) is 25.8 Å². The Kier molecular flexibility index (Phi) is 3.35. The van der Waals surface area contributed by atoms with Crippen molar-refractivity contribution in [3.8, 4) is 0 Å². The number of likely N-dealkylation sites (tertiary alicyclic amines) is 1. The molecule has 0 aromatic carbocycles. The van der Waals surface area contributed by atoms with Gasteiger partial charge < -0.3 is 10.0 Å². The van der Waals surface area contributed by atoms with Gasteiger partial charge in [-0.2, -0.15) is 0 Å². The molecule has 0 aromatic rings. The number of amides is 1. The molecule has 1 N–H and O–H groups in total. The second kappa shape index (κ2) is 4.90. The number of nitrogens with zero attached hydrogens (tertiary/aromatic N) is 1. The first-order valence-corrected chi connectivity index (χ1v) is 7.76. The van der Waals surface area contributed by atoms with Crippen LogP contribution in [0, 0.1) is 23.2 Å². The van der Waals surface area contributed by atoms with Crippen molar-refractivity contribution >= 4 is 11.9 Å². The number of fused-ring (bicyclic) bond motifs is 2. The average Bonchev–Trinajstić information content (AvgIpc) is 3.09. The Labute approximate surface area is 119 Å². The Bertz CT molecular complexity index is 459. The maximum Gasteiger partial charge on any atom is 0.311 e. The van der Waals surface area contributed by atoms with Gasteiger partial charge in [-0.05, 0) is 43.9 Å². The van der Waals surface area contributed by atoms with Gasteiger partial charge in [0.1, 0.15) is 0 Å². The molecule has 1 aliphatic heterocycles. The Hall–Kier alpha value is -1.32. The summed E-state index contributed by atoms with van der Waals surface area (Å²) in [5.41, 5.74) is -0.721. The van der Waals surface area contributed by atoms with E-state index >= 15 is 0 Å². The predicted octanol–water partition coefficient (Wildman–Crippen LogP) is 2.30. The molecular weight excluding hydrogens is 254 g/mol. The Morgan fingerprint density at radius 1 is 1.35 bits per heavy atom. The van der Waals surface area contributed by atoms with Crippen LogP contribution >= 0.6 is 0 Å². The predicted molar refractivity (Wildman–Crippen MR) is 75.0 cm³/mol. The minimum absolute atomic E-state index is 0.103. The van der Waals surface area contributed by atoms with Gasteiger partial charge in [0.25, 0.3) is 0 Å². The van der Waals surface area contributed by atoms with Crippen LogP contribution in [0.5, 0.6) is 0 Å². The molecule has 0 radical (unpaired) electrons. The summed E-state index contributed by atoms with van der Waals surface area (Å²) in [5, 5.41) is 9.51. The lowest BCUT2D eigenvalue weighted by molar-refractivity contribution is -0.156.